The Morgan fingerprint density at radius 1 is 1.26 bits per heavy atom. The zero-order valence-electron chi connectivity index (χ0n) is 11.5. The van der Waals surface area contributed by atoms with E-state index in [1.807, 2.05) is 6.92 Å². The van der Waals surface area contributed by atoms with Crippen LogP contribution < -0.4 is 4.72 Å². The summed E-state index contributed by atoms with van der Waals surface area (Å²) in [5.41, 5.74) is 0. The van der Waals surface area contributed by atoms with E-state index in [0.717, 1.165) is 25.7 Å². The number of hydrogen-bond acceptors (Lipinski definition) is 3. The lowest BCUT2D eigenvalue weighted by molar-refractivity contribution is -0.137. The average Bonchev–Trinajstić information content (AvgIpc) is 2.63. The van der Waals surface area contributed by atoms with Crippen molar-refractivity contribution >= 4 is 16.2 Å². The van der Waals surface area contributed by atoms with Gasteiger partial charge in [-0.05, 0) is 25.2 Å². The van der Waals surface area contributed by atoms with Crippen molar-refractivity contribution in [3.8, 4) is 0 Å². The van der Waals surface area contributed by atoms with Crippen molar-refractivity contribution in [3.63, 3.8) is 0 Å². The van der Waals surface area contributed by atoms with Crippen LogP contribution in [0.5, 0.6) is 0 Å². The van der Waals surface area contributed by atoms with Crippen molar-refractivity contribution in [2.75, 3.05) is 19.6 Å². The Kier molecular flexibility index (Phi) is 6.74. The molecule has 0 aliphatic carbocycles. The highest BCUT2D eigenvalue weighted by Crippen LogP contribution is 2.13. The first-order valence-electron chi connectivity index (χ1n) is 6.88. The summed E-state index contributed by atoms with van der Waals surface area (Å²) in [4.78, 5) is 10.4. The highest BCUT2D eigenvalue weighted by molar-refractivity contribution is 7.87. The van der Waals surface area contributed by atoms with Crippen LogP contribution in [-0.4, -0.2) is 43.4 Å². The summed E-state index contributed by atoms with van der Waals surface area (Å²) in [5, 5.41) is 8.58. The molecule has 0 spiro atoms. The third kappa shape index (κ3) is 6.35. The van der Waals surface area contributed by atoms with Gasteiger partial charge in [0.2, 0.25) is 0 Å². The van der Waals surface area contributed by atoms with E-state index in [-0.39, 0.29) is 12.3 Å². The topological polar surface area (TPSA) is 86.7 Å². The Bertz CT molecular complexity index is 375. The fourth-order valence-corrected chi connectivity index (χ4v) is 3.51. The Morgan fingerprint density at radius 2 is 1.84 bits per heavy atom. The van der Waals surface area contributed by atoms with Crippen LogP contribution in [0, 0.1) is 5.92 Å². The van der Waals surface area contributed by atoms with Crippen molar-refractivity contribution < 1.29 is 18.3 Å². The molecule has 1 fully saturated rings. The van der Waals surface area contributed by atoms with Crippen molar-refractivity contribution in [1.82, 2.24) is 9.03 Å². The lowest BCUT2D eigenvalue weighted by atomic mass is 10.1. The second kappa shape index (κ2) is 7.81. The third-order valence-electron chi connectivity index (χ3n) is 3.37. The predicted molar refractivity (Wildman–Crippen MR) is 73.0 cm³/mol. The number of aliphatic carboxylic acids is 1. The molecular weight excluding hydrogens is 268 g/mol. The van der Waals surface area contributed by atoms with Gasteiger partial charge in [0.05, 0.1) is 0 Å². The van der Waals surface area contributed by atoms with Gasteiger partial charge in [-0.2, -0.15) is 12.7 Å². The fourth-order valence-electron chi connectivity index (χ4n) is 2.09. The van der Waals surface area contributed by atoms with Gasteiger partial charge in [0.1, 0.15) is 0 Å². The molecule has 0 radical (unpaired) electrons. The Labute approximate surface area is 115 Å². The van der Waals surface area contributed by atoms with Crippen molar-refractivity contribution in [2.45, 2.75) is 45.4 Å². The monoisotopic (exact) mass is 292 g/mol. The number of nitrogens with zero attached hydrogens (tertiary/aromatic N) is 1. The summed E-state index contributed by atoms with van der Waals surface area (Å²) in [6.07, 6.45) is 4.55. The molecule has 1 atom stereocenters. The van der Waals surface area contributed by atoms with E-state index in [4.69, 9.17) is 5.11 Å². The smallest absolute Gasteiger partial charge is 0.303 e. The van der Waals surface area contributed by atoms with E-state index in [1.54, 1.807) is 0 Å². The molecule has 112 valence electrons. The number of rotatable bonds is 7. The van der Waals surface area contributed by atoms with Gasteiger partial charge in [-0.3, -0.25) is 4.79 Å². The maximum Gasteiger partial charge on any atom is 0.303 e. The second-order valence-electron chi connectivity index (χ2n) is 5.20. The molecule has 0 aromatic heterocycles. The molecule has 6 nitrogen and oxygen atoms in total. The maximum atomic E-state index is 12.1. The summed E-state index contributed by atoms with van der Waals surface area (Å²) in [5.74, 6) is -0.819. The van der Waals surface area contributed by atoms with E-state index in [1.165, 1.54) is 4.31 Å². The first kappa shape index (κ1) is 16.4. The molecule has 0 aromatic rings. The molecular formula is C12H24N2O4S. The molecule has 1 heterocycles. The number of carboxylic acid groups (broad SMARTS) is 1. The molecule has 0 amide bonds. The Balaban J connectivity index is 2.38. The van der Waals surface area contributed by atoms with Gasteiger partial charge < -0.3 is 5.11 Å². The number of hydrogen-bond donors (Lipinski definition) is 2. The van der Waals surface area contributed by atoms with Gasteiger partial charge in [0, 0.05) is 26.1 Å². The molecule has 7 heteroatoms. The minimum atomic E-state index is -3.40. The molecule has 1 aliphatic rings. The molecule has 19 heavy (non-hydrogen) atoms. The van der Waals surface area contributed by atoms with Crippen LogP contribution in [0.4, 0.5) is 0 Å². The summed E-state index contributed by atoms with van der Waals surface area (Å²) < 4.78 is 28.2. The lowest BCUT2D eigenvalue weighted by Crippen LogP contribution is -2.42. The molecule has 0 aromatic carbocycles. The second-order valence-corrected chi connectivity index (χ2v) is 6.96. The first-order valence-corrected chi connectivity index (χ1v) is 8.32. The van der Waals surface area contributed by atoms with Crippen LogP contribution in [0.15, 0.2) is 0 Å². The van der Waals surface area contributed by atoms with E-state index in [9.17, 15) is 13.2 Å². The first-order chi connectivity index (χ1) is 8.92. The van der Waals surface area contributed by atoms with E-state index in [2.05, 4.69) is 4.72 Å². The van der Waals surface area contributed by atoms with Crippen LogP contribution in [0.3, 0.4) is 0 Å². The van der Waals surface area contributed by atoms with Gasteiger partial charge in [-0.15, -0.1) is 0 Å². The zero-order chi connectivity index (χ0) is 14.3. The van der Waals surface area contributed by atoms with Gasteiger partial charge in [0.15, 0.2) is 0 Å². The van der Waals surface area contributed by atoms with Crippen LogP contribution >= 0.6 is 0 Å². The van der Waals surface area contributed by atoms with E-state index in [0.29, 0.717) is 26.1 Å². The van der Waals surface area contributed by atoms with E-state index < -0.39 is 16.2 Å². The minimum absolute atomic E-state index is 0.0258. The SMILES string of the molecule is CC(CCC(=O)O)CNS(=O)(=O)N1CCCCCC1. The standard InChI is InChI=1S/C12H24N2O4S/c1-11(6-7-12(15)16)10-13-19(17,18)14-8-4-2-3-5-9-14/h11,13H,2-10H2,1H3,(H,15,16). The Morgan fingerprint density at radius 3 is 2.37 bits per heavy atom. The number of carboxylic acids is 1. The van der Waals surface area contributed by atoms with Crippen molar-refractivity contribution in [3.05, 3.63) is 0 Å². The molecule has 1 rings (SSSR count). The van der Waals surface area contributed by atoms with Crippen LogP contribution in [0.2, 0.25) is 0 Å². The summed E-state index contributed by atoms with van der Waals surface area (Å²) in [7, 11) is -3.40. The highest BCUT2D eigenvalue weighted by Gasteiger charge is 2.22. The normalized spacial score (nSPS) is 19.8. The number of carbonyl (C=O) groups is 1. The average molecular weight is 292 g/mol. The Hall–Kier alpha value is -0.660. The van der Waals surface area contributed by atoms with Gasteiger partial charge in [-0.25, -0.2) is 4.72 Å². The van der Waals surface area contributed by atoms with E-state index >= 15 is 0 Å². The number of nitrogens with one attached hydrogen (secondary N) is 1. The van der Waals surface area contributed by atoms with Gasteiger partial charge in [-0.1, -0.05) is 19.8 Å². The quantitative estimate of drug-likeness (QED) is 0.738. The highest BCUT2D eigenvalue weighted by atomic mass is 32.2. The minimum Gasteiger partial charge on any atom is -0.481 e. The maximum absolute atomic E-state index is 12.1. The summed E-state index contributed by atoms with van der Waals surface area (Å²) in [6, 6.07) is 0. The molecule has 1 unspecified atom stereocenters. The van der Waals surface area contributed by atoms with Crippen molar-refractivity contribution in [2.24, 2.45) is 5.92 Å². The molecule has 1 aliphatic heterocycles. The summed E-state index contributed by atoms with van der Waals surface area (Å²) >= 11 is 0. The van der Waals surface area contributed by atoms with Crippen LogP contribution in [-0.2, 0) is 15.0 Å². The predicted octanol–water partition coefficient (Wildman–Crippen LogP) is 1.20. The van der Waals surface area contributed by atoms with Crippen LogP contribution in [0.25, 0.3) is 0 Å². The van der Waals surface area contributed by atoms with Gasteiger partial charge >= 0.3 is 5.97 Å². The summed E-state index contributed by atoms with van der Waals surface area (Å²) in [6.45, 7) is 3.32. The molecule has 1 saturated heterocycles. The van der Waals surface area contributed by atoms with Crippen molar-refractivity contribution in [1.29, 1.82) is 0 Å². The van der Waals surface area contributed by atoms with Crippen LogP contribution in [0.1, 0.15) is 45.4 Å². The molecule has 0 saturated carbocycles. The third-order valence-corrected chi connectivity index (χ3v) is 4.95. The fraction of sp³-hybridized carbons (Fsp3) is 0.917. The molecule has 0 bridgehead atoms. The van der Waals surface area contributed by atoms with Gasteiger partial charge in [0.25, 0.3) is 10.2 Å². The lowest BCUT2D eigenvalue weighted by Gasteiger charge is -2.21. The zero-order valence-corrected chi connectivity index (χ0v) is 12.3. The largest absolute Gasteiger partial charge is 0.481 e. The molecule has 2 N–H and O–H groups in total.